The highest BCUT2D eigenvalue weighted by Gasteiger charge is 2.16. The Morgan fingerprint density at radius 2 is 1.62 bits per heavy atom. The predicted molar refractivity (Wildman–Crippen MR) is 102 cm³/mol. The molecule has 0 bridgehead atoms. The van der Waals surface area contributed by atoms with E-state index in [9.17, 15) is 4.79 Å². The molecule has 132 valence electrons. The minimum atomic E-state index is -0.983. The van der Waals surface area contributed by atoms with E-state index >= 15 is 0 Å². The van der Waals surface area contributed by atoms with Gasteiger partial charge in [-0.15, -0.1) is 0 Å². The third-order valence-corrected chi connectivity index (χ3v) is 4.26. The molecule has 0 saturated heterocycles. The SMILES string of the molecule is Nc1cc(C(=O)O)ccc1CC(OCc1ccccc1)c1ccccc1. The van der Waals surface area contributed by atoms with Crippen LogP contribution in [0.15, 0.2) is 78.9 Å². The van der Waals surface area contributed by atoms with Crippen LogP contribution in [0.25, 0.3) is 0 Å². The molecule has 0 amide bonds. The normalized spacial score (nSPS) is 11.8. The molecule has 3 aromatic carbocycles. The van der Waals surface area contributed by atoms with E-state index in [1.165, 1.54) is 6.07 Å². The first-order chi connectivity index (χ1) is 12.6. The van der Waals surface area contributed by atoms with Crippen LogP contribution in [-0.2, 0) is 17.8 Å². The van der Waals surface area contributed by atoms with Crippen molar-refractivity contribution in [2.45, 2.75) is 19.1 Å². The Labute approximate surface area is 152 Å². The van der Waals surface area contributed by atoms with Crippen LogP contribution in [0.4, 0.5) is 5.69 Å². The van der Waals surface area contributed by atoms with Gasteiger partial charge in [-0.1, -0.05) is 66.7 Å². The summed E-state index contributed by atoms with van der Waals surface area (Å²) in [5.41, 5.74) is 9.76. The fraction of sp³-hybridized carbons (Fsp3) is 0.136. The minimum absolute atomic E-state index is 0.172. The highest BCUT2D eigenvalue weighted by Crippen LogP contribution is 2.27. The molecule has 4 heteroatoms. The zero-order chi connectivity index (χ0) is 18.4. The first kappa shape index (κ1) is 17.7. The number of aromatic carboxylic acids is 1. The molecule has 4 nitrogen and oxygen atoms in total. The van der Waals surface area contributed by atoms with Crippen molar-refractivity contribution in [3.63, 3.8) is 0 Å². The van der Waals surface area contributed by atoms with Crippen molar-refractivity contribution in [3.8, 4) is 0 Å². The highest BCUT2D eigenvalue weighted by molar-refractivity contribution is 5.89. The van der Waals surface area contributed by atoms with E-state index in [0.29, 0.717) is 18.7 Å². The molecule has 0 aromatic heterocycles. The molecule has 1 unspecified atom stereocenters. The van der Waals surface area contributed by atoms with Crippen LogP contribution in [0.5, 0.6) is 0 Å². The zero-order valence-corrected chi connectivity index (χ0v) is 14.3. The fourth-order valence-corrected chi connectivity index (χ4v) is 2.83. The number of ether oxygens (including phenoxy) is 1. The molecule has 0 radical (unpaired) electrons. The number of nitrogen functional groups attached to an aromatic ring is 1. The molecule has 1 atom stereocenters. The van der Waals surface area contributed by atoms with Crippen molar-refractivity contribution in [1.29, 1.82) is 0 Å². The van der Waals surface area contributed by atoms with Gasteiger partial charge in [-0.2, -0.15) is 0 Å². The monoisotopic (exact) mass is 347 g/mol. The fourth-order valence-electron chi connectivity index (χ4n) is 2.83. The van der Waals surface area contributed by atoms with Crippen LogP contribution >= 0.6 is 0 Å². The second-order valence-electron chi connectivity index (χ2n) is 6.12. The van der Waals surface area contributed by atoms with E-state index in [0.717, 1.165) is 16.7 Å². The van der Waals surface area contributed by atoms with Gasteiger partial charge in [0.15, 0.2) is 0 Å². The summed E-state index contributed by atoms with van der Waals surface area (Å²) in [6, 6.07) is 24.8. The molecular formula is C22H21NO3. The lowest BCUT2D eigenvalue weighted by atomic mass is 9.98. The van der Waals surface area contributed by atoms with Gasteiger partial charge in [0.05, 0.1) is 18.3 Å². The van der Waals surface area contributed by atoms with Gasteiger partial charge in [0, 0.05) is 12.1 Å². The molecule has 0 aliphatic heterocycles. The quantitative estimate of drug-likeness (QED) is 0.619. The summed E-state index contributed by atoms with van der Waals surface area (Å²) in [5, 5.41) is 9.09. The van der Waals surface area contributed by atoms with Crippen molar-refractivity contribution in [2.75, 3.05) is 5.73 Å². The number of benzene rings is 3. The number of nitrogens with two attached hydrogens (primary N) is 1. The number of hydrogen-bond donors (Lipinski definition) is 2. The lowest BCUT2D eigenvalue weighted by Gasteiger charge is -2.20. The number of carbonyl (C=O) groups is 1. The van der Waals surface area contributed by atoms with Gasteiger partial charge in [-0.05, 0) is 28.8 Å². The van der Waals surface area contributed by atoms with Crippen LogP contribution in [-0.4, -0.2) is 11.1 Å². The summed E-state index contributed by atoms with van der Waals surface area (Å²) in [6.45, 7) is 0.494. The summed E-state index contributed by atoms with van der Waals surface area (Å²) in [5.74, 6) is -0.983. The summed E-state index contributed by atoms with van der Waals surface area (Å²) in [7, 11) is 0. The molecule has 26 heavy (non-hydrogen) atoms. The maximum absolute atomic E-state index is 11.1. The average molecular weight is 347 g/mol. The standard InChI is InChI=1S/C22H21NO3/c23-20-13-19(22(24)25)12-11-18(20)14-21(17-9-5-2-6-10-17)26-15-16-7-3-1-4-8-16/h1-13,21H,14-15,23H2,(H,24,25). The van der Waals surface area contributed by atoms with Crippen LogP contribution in [0.1, 0.15) is 33.2 Å². The number of hydrogen-bond acceptors (Lipinski definition) is 3. The largest absolute Gasteiger partial charge is 0.478 e. The van der Waals surface area contributed by atoms with Crippen molar-refractivity contribution in [1.82, 2.24) is 0 Å². The van der Waals surface area contributed by atoms with E-state index < -0.39 is 5.97 Å². The molecule has 0 heterocycles. The summed E-state index contributed by atoms with van der Waals surface area (Å²) < 4.78 is 6.18. The Bertz CT molecular complexity index is 863. The van der Waals surface area contributed by atoms with Crippen molar-refractivity contribution >= 4 is 11.7 Å². The second-order valence-corrected chi connectivity index (χ2v) is 6.12. The van der Waals surface area contributed by atoms with E-state index in [-0.39, 0.29) is 11.7 Å². The van der Waals surface area contributed by atoms with Gasteiger partial charge < -0.3 is 15.6 Å². The van der Waals surface area contributed by atoms with Gasteiger partial charge in [0.25, 0.3) is 0 Å². The van der Waals surface area contributed by atoms with E-state index in [2.05, 4.69) is 0 Å². The van der Waals surface area contributed by atoms with E-state index in [4.69, 9.17) is 15.6 Å². The number of anilines is 1. The predicted octanol–water partition coefficient (Wildman–Crippen LogP) is 4.47. The molecule has 0 aliphatic carbocycles. The molecule has 0 fully saturated rings. The smallest absolute Gasteiger partial charge is 0.335 e. The summed E-state index contributed by atoms with van der Waals surface area (Å²) in [6.07, 6.45) is 0.400. The maximum Gasteiger partial charge on any atom is 0.335 e. The van der Waals surface area contributed by atoms with Crippen molar-refractivity contribution in [2.24, 2.45) is 0 Å². The van der Waals surface area contributed by atoms with Gasteiger partial charge in [-0.25, -0.2) is 4.79 Å². The van der Waals surface area contributed by atoms with Crippen LogP contribution < -0.4 is 5.73 Å². The first-order valence-electron chi connectivity index (χ1n) is 8.45. The van der Waals surface area contributed by atoms with Crippen LogP contribution in [0, 0.1) is 0 Å². The highest BCUT2D eigenvalue weighted by atomic mass is 16.5. The zero-order valence-electron chi connectivity index (χ0n) is 14.3. The number of rotatable bonds is 7. The average Bonchev–Trinajstić information content (AvgIpc) is 2.67. The van der Waals surface area contributed by atoms with E-state index in [1.807, 2.05) is 60.7 Å². The maximum atomic E-state index is 11.1. The van der Waals surface area contributed by atoms with Crippen LogP contribution in [0.3, 0.4) is 0 Å². The number of carboxylic acid groups (broad SMARTS) is 1. The topological polar surface area (TPSA) is 72.6 Å². The Morgan fingerprint density at radius 1 is 0.962 bits per heavy atom. The molecule has 0 spiro atoms. The summed E-state index contributed by atoms with van der Waals surface area (Å²) >= 11 is 0. The first-order valence-corrected chi connectivity index (χ1v) is 8.45. The second kappa shape index (κ2) is 8.32. The molecule has 0 saturated carbocycles. The molecular weight excluding hydrogens is 326 g/mol. The van der Waals surface area contributed by atoms with Crippen molar-refractivity contribution in [3.05, 3.63) is 101 Å². The van der Waals surface area contributed by atoms with E-state index in [1.54, 1.807) is 12.1 Å². The third kappa shape index (κ3) is 4.49. The minimum Gasteiger partial charge on any atom is -0.478 e. The lowest BCUT2D eigenvalue weighted by Crippen LogP contribution is -2.10. The lowest BCUT2D eigenvalue weighted by molar-refractivity contribution is 0.0400. The Hall–Kier alpha value is -3.11. The molecule has 3 aromatic rings. The Morgan fingerprint density at radius 3 is 2.23 bits per heavy atom. The van der Waals surface area contributed by atoms with Gasteiger partial charge in [0.2, 0.25) is 0 Å². The van der Waals surface area contributed by atoms with Crippen molar-refractivity contribution < 1.29 is 14.6 Å². The van der Waals surface area contributed by atoms with Crippen LogP contribution in [0.2, 0.25) is 0 Å². The van der Waals surface area contributed by atoms with Gasteiger partial charge in [-0.3, -0.25) is 0 Å². The summed E-state index contributed by atoms with van der Waals surface area (Å²) in [4.78, 5) is 11.1. The molecule has 3 N–H and O–H groups in total. The number of carboxylic acids is 1. The molecule has 3 rings (SSSR count). The Balaban J connectivity index is 1.81. The van der Waals surface area contributed by atoms with Gasteiger partial charge in [0.1, 0.15) is 0 Å². The van der Waals surface area contributed by atoms with Gasteiger partial charge >= 0.3 is 5.97 Å². The third-order valence-electron chi connectivity index (χ3n) is 4.26. The Kier molecular flexibility index (Phi) is 5.66. The molecule has 0 aliphatic rings.